The van der Waals surface area contributed by atoms with E-state index in [0.717, 1.165) is 11.1 Å². The topological polar surface area (TPSA) is 81.6 Å². The number of nitrogens with one attached hydrogen (secondary N) is 2. The summed E-state index contributed by atoms with van der Waals surface area (Å²) in [4.78, 5) is 11.6. The highest BCUT2D eigenvalue weighted by molar-refractivity contribution is 5.91. The molecule has 0 aliphatic heterocycles. The van der Waals surface area contributed by atoms with Crippen molar-refractivity contribution in [3.8, 4) is 6.07 Å². The number of hydrogen-bond donors (Lipinski definition) is 2. The molecule has 0 bridgehead atoms. The Morgan fingerprint density at radius 1 is 1.53 bits per heavy atom. The molecule has 2 aromatic rings. The van der Waals surface area contributed by atoms with Crippen LogP contribution in [0.4, 0.5) is 0 Å². The van der Waals surface area contributed by atoms with Crippen LogP contribution < -0.4 is 5.32 Å². The molecule has 1 aromatic heterocycles. The van der Waals surface area contributed by atoms with Crippen LogP contribution in [0.25, 0.3) is 6.08 Å². The van der Waals surface area contributed by atoms with Crippen LogP contribution in [0.5, 0.6) is 0 Å². The number of carbonyl (C=O) groups excluding carboxylic acids is 1. The molecule has 0 aliphatic rings. The summed E-state index contributed by atoms with van der Waals surface area (Å²) >= 11 is 0. The molecule has 0 spiro atoms. The zero-order chi connectivity index (χ0) is 13.5. The van der Waals surface area contributed by atoms with Gasteiger partial charge in [-0.1, -0.05) is 12.1 Å². The first-order valence-corrected chi connectivity index (χ1v) is 5.71. The lowest BCUT2D eigenvalue weighted by Crippen LogP contribution is -2.19. The van der Waals surface area contributed by atoms with Gasteiger partial charge in [0.05, 0.1) is 17.8 Å². The lowest BCUT2D eigenvalue weighted by molar-refractivity contribution is -0.116. The van der Waals surface area contributed by atoms with Gasteiger partial charge in [0.15, 0.2) is 0 Å². The summed E-state index contributed by atoms with van der Waals surface area (Å²) in [6, 6.07) is 9.11. The van der Waals surface area contributed by atoms with Crippen LogP contribution in [-0.2, 0) is 11.3 Å². The molecule has 0 radical (unpaired) electrons. The van der Waals surface area contributed by atoms with E-state index < -0.39 is 0 Å². The molecule has 2 N–H and O–H groups in total. The molecule has 1 amide bonds. The fourth-order valence-electron chi connectivity index (χ4n) is 1.51. The number of carbonyl (C=O) groups is 1. The summed E-state index contributed by atoms with van der Waals surface area (Å²) in [6.45, 7) is 0.428. The standard InChI is InChI=1S/C14H12N4O/c15-7-12-3-1-2-11(6-12)4-5-14(19)16-8-13-9-17-18-10-13/h1-6,9-10H,8H2,(H,16,19)(H,17,18)/b5-4+. The zero-order valence-corrected chi connectivity index (χ0v) is 10.1. The van der Waals surface area contributed by atoms with E-state index in [1.807, 2.05) is 6.07 Å². The van der Waals surface area contributed by atoms with Crippen molar-refractivity contribution in [2.75, 3.05) is 0 Å². The minimum atomic E-state index is -0.191. The molecule has 0 fully saturated rings. The van der Waals surface area contributed by atoms with Gasteiger partial charge in [0.1, 0.15) is 0 Å². The Morgan fingerprint density at radius 3 is 3.16 bits per heavy atom. The average Bonchev–Trinajstić information content (AvgIpc) is 2.96. The maximum Gasteiger partial charge on any atom is 0.244 e. The summed E-state index contributed by atoms with van der Waals surface area (Å²) in [6.07, 6.45) is 6.49. The van der Waals surface area contributed by atoms with Crippen molar-refractivity contribution < 1.29 is 4.79 Å². The number of amides is 1. The number of aromatic amines is 1. The highest BCUT2D eigenvalue weighted by Crippen LogP contribution is 2.05. The van der Waals surface area contributed by atoms with Crippen molar-refractivity contribution in [2.45, 2.75) is 6.54 Å². The SMILES string of the molecule is N#Cc1cccc(/C=C/C(=O)NCc2cn[nH]c2)c1. The highest BCUT2D eigenvalue weighted by Gasteiger charge is 1.97. The Morgan fingerprint density at radius 2 is 2.42 bits per heavy atom. The van der Waals surface area contributed by atoms with Crippen molar-refractivity contribution in [1.29, 1.82) is 5.26 Å². The summed E-state index contributed by atoms with van der Waals surface area (Å²) < 4.78 is 0. The molecule has 2 rings (SSSR count). The van der Waals surface area contributed by atoms with E-state index in [1.54, 1.807) is 36.7 Å². The van der Waals surface area contributed by atoms with Crippen LogP contribution in [-0.4, -0.2) is 16.1 Å². The lowest BCUT2D eigenvalue weighted by atomic mass is 10.1. The first-order chi connectivity index (χ1) is 9.28. The molecular formula is C14H12N4O. The third-order valence-corrected chi connectivity index (χ3v) is 2.46. The number of nitrogens with zero attached hydrogens (tertiary/aromatic N) is 2. The second-order valence-electron chi connectivity index (χ2n) is 3.89. The minimum absolute atomic E-state index is 0.191. The summed E-state index contributed by atoms with van der Waals surface area (Å²) in [5.74, 6) is -0.191. The van der Waals surface area contributed by atoms with Crippen LogP contribution >= 0.6 is 0 Å². The maximum absolute atomic E-state index is 11.6. The molecule has 0 saturated carbocycles. The summed E-state index contributed by atoms with van der Waals surface area (Å²) in [7, 11) is 0. The van der Waals surface area contributed by atoms with Crippen LogP contribution in [0.2, 0.25) is 0 Å². The Balaban J connectivity index is 1.91. The molecule has 1 aromatic carbocycles. The number of benzene rings is 1. The van der Waals surface area contributed by atoms with Crippen molar-refractivity contribution >= 4 is 12.0 Å². The zero-order valence-electron chi connectivity index (χ0n) is 10.1. The van der Waals surface area contributed by atoms with Gasteiger partial charge < -0.3 is 5.32 Å². The molecule has 5 nitrogen and oxygen atoms in total. The highest BCUT2D eigenvalue weighted by atomic mass is 16.1. The van der Waals surface area contributed by atoms with Gasteiger partial charge in [0.2, 0.25) is 5.91 Å². The first-order valence-electron chi connectivity index (χ1n) is 5.71. The summed E-state index contributed by atoms with van der Waals surface area (Å²) in [5.41, 5.74) is 2.30. The van der Waals surface area contributed by atoms with Gasteiger partial charge >= 0.3 is 0 Å². The van der Waals surface area contributed by atoms with E-state index in [-0.39, 0.29) is 5.91 Å². The number of rotatable bonds is 4. The van der Waals surface area contributed by atoms with Gasteiger partial charge in [-0.15, -0.1) is 0 Å². The second kappa shape index (κ2) is 6.17. The summed E-state index contributed by atoms with van der Waals surface area (Å²) in [5, 5.41) is 18.0. The molecule has 0 saturated heterocycles. The van der Waals surface area contributed by atoms with Gasteiger partial charge in [-0.3, -0.25) is 9.89 Å². The molecule has 19 heavy (non-hydrogen) atoms. The number of hydrogen-bond acceptors (Lipinski definition) is 3. The second-order valence-corrected chi connectivity index (χ2v) is 3.89. The molecule has 0 aliphatic carbocycles. The minimum Gasteiger partial charge on any atom is -0.348 e. The van der Waals surface area contributed by atoms with Gasteiger partial charge in [0.25, 0.3) is 0 Å². The van der Waals surface area contributed by atoms with Gasteiger partial charge in [-0.05, 0) is 23.8 Å². The van der Waals surface area contributed by atoms with Crippen molar-refractivity contribution in [1.82, 2.24) is 15.5 Å². The van der Waals surface area contributed by atoms with Crippen LogP contribution in [0.1, 0.15) is 16.7 Å². The molecule has 0 atom stereocenters. The fraction of sp³-hybridized carbons (Fsp3) is 0.0714. The number of H-pyrrole nitrogens is 1. The third-order valence-electron chi connectivity index (χ3n) is 2.46. The normalized spacial score (nSPS) is 10.3. The van der Waals surface area contributed by atoms with E-state index >= 15 is 0 Å². The van der Waals surface area contributed by atoms with Crippen LogP contribution in [0.3, 0.4) is 0 Å². The number of aromatic nitrogens is 2. The molecular weight excluding hydrogens is 240 g/mol. The van der Waals surface area contributed by atoms with E-state index in [2.05, 4.69) is 21.6 Å². The van der Waals surface area contributed by atoms with E-state index in [9.17, 15) is 4.79 Å². The molecule has 94 valence electrons. The molecule has 1 heterocycles. The van der Waals surface area contributed by atoms with Gasteiger partial charge in [0, 0.05) is 24.4 Å². The Hall–Kier alpha value is -2.87. The van der Waals surface area contributed by atoms with Crippen molar-refractivity contribution in [3.63, 3.8) is 0 Å². The number of nitriles is 1. The van der Waals surface area contributed by atoms with E-state index in [1.165, 1.54) is 6.08 Å². The molecule has 0 unspecified atom stereocenters. The van der Waals surface area contributed by atoms with Crippen LogP contribution in [0.15, 0.2) is 42.7 Å². The lowest BCUT2D eigenvalue weighted by Gasteiger charge is -1.98. The van der Waals surface area contributed by atoms with Gasteiger partial charge in [-0.25, -0.2) is 0 Å². The smallest absolute Gasteiger partial charge is 0.244 e. The van der Waals surface area contributed by atoms with E-state index in [0.29, 0.717) is 12.1 Å². The predicted octanol–water partition coefficient (Wildman–Crippen LogP) is 1.61. The van der Waals surface area contributed by atoms with Crippen LogP contribution in [0, 0.1) is 11.3 Å². The maximum atomic E-state index is 11.6. The Bertz CT molecular complexity index is 623. The third kappa shape index (κ3) is 3.82. The quantitative estimate of drug-likeness (QED) is 0.811. The average molecular weight is 252 g/mol. The fourth-order valence-corrected chi connectivity index (χ4v) is 1.51. The largest absolute Gasteiger partial charge is 0.348 e. The predicted molar refractivity (Wildman–Crippen MR) is 70.6 cm³/mol. The first kappa shape index (κ1) is 12.6. The van der Waals surface area contributed by atoms with E-state index in [4.69, 9.17) is 5.26 Å². The molecule has 5 heteroatoms. The van der Waals surface area contributed by atoms with Crippen molar-refractivity contribution in [3.05, 3.63) is 59.4 Å². The Kier molecular flexibility index (Phi) is 4.09. The monoisotopic (exact) mass is 252 g/mol. The Labute approximate surface area is 110 Å². The van der Waals surface area contributed by atoms with Gasteiger partial charge in [-0.2, -0.15) is 10.4 Å². The van der Waals surface area contributed by atoms with Crippen molar-refractivity contribution in [2.24, 2.45) is 0 Å².